The maximum Gasteiger partial charge on any atom is 0.289 e. The second kappa shape index (κ2) is 5.76. The zero-order valence-electron chi connectivity index (χ0n) is 11.0. The number of carbonyl (C=O) groups excluding carboxylic acids is 1. The van der Waals surface area contributed by atoms with Gasteiger partial charge in [0.1, 0.15) is 0 Å². The summed E-state index contributed by atoms with van der Waals surface area (Å²) in [6.45, 7) is 2.05. The molecule has 1 N–H and O–H groups in total. The summed E-state index contributed by atoms with van der Waals surface area (Å²) in [5.41, 5.74) is 1.25. The third kappa shape index (κ3) is 2.62. The van der Waals surface area contributed by atoms with E-state index in [0.717, 1.165) is 26.1 Å². The molecule has 0 aromatic carbocycles. The number of hydrogen-bond donors (Lipinski definition) is 1. The Kier molecular flexibility index (Phi) is 3.84. The van der Waals surface area contributed by atoms with Crippen LogP contribution in [-0.2, 0) is 10.2 Å². The quantitative estimate of drug-likeness (QED) is 0.938. The molecule has 3 heterocycles. The number of carbonyl (C=O) groups is 1. The minimum Gasteiger partial charge on any atom is -0.381 e. The van der Waals surface area contributed by atoms with Crippen molar-refractivity contribution >= 4 is 17.2 Å². The molecule has 2 aromatic heterocycles. The SMILES string of the molecule is O=C(NCC1(c2ccsc2)CCOCC1)c1ccno1. The van der Waals surface area contributed by atoms with E-state index in [4.69, 9.17) is 9.26 Å². The van der Waals surface area contributed by atoms with Gasteiger partial charge in [-0.25, -0.2) is 0 Å². The first kappa shape index (κ1) is 13.3. The fourth-order valence-corrected chi connectivity index (χ4v) is 3.34. The molecule has 1 fully saturated rings. The third-order valence-electron chi connectivity index (χ3n) is 3.83. The lowest BCUT2D eigenvalue weighted by Crippen LogP contribution is -2.44. The van der Waals surface area contributed by atoms with Crippen molar-refractivity contribution in [2.75, 3.05) is 19.8 Å². The number of hydrogen-bond acceptors (Lipinski definition) is 5. The van der Waals surface area contributed by atoms with Gasteiger partial charge in [-0.2, -0.15) is 11.3 Å². The number of amides is 1. The van der Waals surface area contributed by atoms with E-state index in [2.05, 4.69) is 27.3 Å². The Morgan fingerprint density at radius 2 is 2.25 bits per heavy atom. The van der Waals surface area contributed by atoms with Gasteiger partial charge in [-0.15, -0.1) is 0 Å². The first-order chi connectivity index (χ1) is 9.80. The van der Waals surface area contributed by atoms with Crippen LogP contribution in [0.25, 0.3) is 0 Å². The summed E-state index contributed by atoms with van der Waals surface area (Å²) in [5.74, 6) is 0.0288. The van der Waals surface area contributed by atoms with Crippen LogP contribution in [0.1, 0.15) is 29.0 Å². The molecule has 6 heteroatoms. The zero-order chi connectivity index (χ0) is 13.8. The highest BCUT2D eigenvalue weighted by Crippen LogP contribution is 2.35. The Bertz CT molecular complexity index is 545. The van der Waals surface area contributed by atoms with Crippen molar-refractivity contribution in [2.45, 2.75) is 18.3 Å². The fourth-order valence-electron chi connectivity index (χ4n) is 2.57. The molecule has 1 amide bonds. The van der Waals surface area contributed by atoms with Crippen molar-refractivity contribution in [3.63, 3.8) is 0 Å². The largest absolute Gasteiger partial charge is 0.381 e. The molecule has 3 rings (SSSR count). The normalized spacial score (nSPS) is 17.8. The van der Waals surface area contributed by atoms with Gasteiger partial charge in [-0.05, 0) is 35.2 Å². The fraction of sp³-hybridized carbons (Fsp3) is 0.429. The monoisotopic (exact) mass is 292 g/mol. The molecule has 0 bridgehead atoms. The third-order valence-corrected chi connectivity index (χ3v) is 4.52. The Hall–Kier alpha value is -1.66. The first-order valence-corrected chi connectivity index (χ1v) is 7.54. The molecule has 20 heavy (non-hydrogen) atoms. The molecule has 0 aliphatic carbocycles. The number of rotatable bonds is 4. The minimum atomic E-state index is -0.219. The summed E-state index contributed by atoms with van der Waals surface area (Å²) in [6.07, 6.45) is 3.30. The average molecular weight is 292 g/mol. The van der Waals surface area contributed by atoms with Crippen LogP contribution >= 0.6 is 11.3 Å². The van der Waals surface area contributed by atoms with Crippen LogP contribution in [0.2, 0.25) is 0 Å². The van der Waals surface area contributed by atoms with Gasteiger partial charge in [-0.1, -0.05) is 5.16 Å². The van der Waals surface area contributed by atoms with E-state index in [0.29, 0.717) is 6.54 Å². The van der Waals surface area contributed by atoms with E-state index in [9.17, 15) is 4.79 Å². The maximum absolute atomic E-state index is 12.0. The van der Waals surface area contributed by atoms with Crippen molar-refractivity contribution in [1.82, 2.24) is 10.5 Å². The summed E-state index contributed by atoms with van der Waals surface area (Å²) in [5, 5.41) is 10.7. The number of nitrogens with one attached hydrogen (secondary N) is 1. The Balaban J connectivity index is 1.72. The van der Waals surface area contributed by atoms with Gasteiger partial charge in [0, 0.05) is 31.2 Å². The highest BCUT2D eigenvalue weighted by molar-refractivity contribution is 7.08. The molecule has 0 spiro atoms. The lowest BCUT2D eigenvalue weighted by atomic mass is 9.75. The van der Waals surface area contributed by atoms with Gasteiger partial charge in [0.25, 0.3) is 5.91 Å². The first-order valence-electron chi connectivity index (χ1n) is 6.59. The molecule has 5 nitrogen and oxygen atoms in total. The van der Waals surface area contributed by atoms with Crippen LogP contribution in [0, 0.1) is 0 Å². The Morgan fingerprint density at radius 3 is 2.90 bits per heavy atom. The van der Waals surface area contributed by atoms with Crippen molar-refractivity contribution < 1.29 is 14.1 Å². The molecule has 1 saturated heterocycles. The van der Waals surface area contributed by atoms with Crippen LogP contribution in [-0.4, -0.2) is 30.8 Å². The number of aromatic nitrogens is 1. The van der Waals surface area contributed by atoms with Gasteiger partial charge >= 0.3 is 0 Å². The second-order valence-electron chi connectivity index (χ2n) is 4.96. The average Bonchev–Trinajstić information content (AvgIpc) is 3.18. The molecular weight excluding hydrogens is 276 g/mol. The lowest BCUT2D eigenvalue weighted by molar-refractivity contribution is 0.0485. The topological polar surface area (TPSA) is 64.4 Å². The molecule has 0 atom stereocenters. The standard InChI is InChI=1S/C14H16N2O3S/c17-13(12-1-5-16-19-12)15-10-14(3-6-18-7-4-14)11-2-8-20-9-11/h1-2,5,8-9H,3-4,6-7,10H2,(H,15,17). The van der Waals surface area contributed by atoms with Gasteiger partial charge in [0.15, 0.2) is 0 Å². The summed E-state index contributed by atoms with van der Waals surface area (Å²) in [4.78, 5) is 12.0. The minimum absolute atomic E-state index is 0.0338. The second-order valence-corrected chi connectivity index (χ2v) is 5.74. The number of nitrogens with zero attached hydrogens (tertiary/aromatic N) is 1. The molecular formula is C14H16N2O3S. The number of ether oxygens (including phenoxy) is 1. The summed E-state index contributed by atoms with van der Waals surface area (Å²) in [7, 11) is 0. The van der Waals surface area contributed by atoms with E-state index in [1.807, 2.05) is 0 Å². The predicted octanol–water partition coefficient (Wildman–Crippen LogP) is 2.21. The van der Waals surface area contributed by atoms with Crippen LogP contribution < -0.4 is 5.32 Å². The molecule has 106 valence electrons. The highest BCUT2D eigenvalue weighted by atomic mass is 32.1. The Labute approximate surface area is 120 Å². The van der Waals surface area contributed by atoms with E-state index in [1.165, 1.54) is 11.8 Å². The van der Waals surface area contributed by atoms with Gasteiger partial charge in [0.2, 0.25) is 5.76 Å². The summed E-state index contributed by atoms with van der Waals surface area (Å²) >= 11 is 1.68. The zero-order valence-corrected chi connectivity index (χ0v) is 11.8. The summed E-state index contributed by atoms with van der Waals surface area (Å²) < 4.78 is 10.3. The van der Waals surface area contributed by atoms with Crippen molar-refractivity contribution in [3.05, 3.63) is 40.4 Å². The molecule has 1 aliphatic rings. The molecule has 2 aromatic rings. The smallest absolute Gasteiger partial charge is 0.289 e. The van der Waals surface area contributed by atoms with Crippen molar-refractivity contribution in [3.8, 4) is 0 Å². The van der Waals surface area contributed by atoms with Crippen LogP contribution in [0.3, 0.4) is 0 Å². The van der Waals surface area contributed by atoms with E-state index in [-0.39, 0.29) is 17.1 Å². The number of thiophene rings is 1. The van der Waals surface area contributed by atoms with Gasteiger partial charge < -0.3 is 14.6 Å². The van der Waals surface area contributed by atoms with Crippen LogP contribution in [0.5, 0.6) is 0 Å². The maximum atomic E-state index is 12.0. The predicted molar refractivity (Wildman–Crippen MR) is 74.9 cm³/mol. The molecule has 1 aliphatic heterocycles. The van der Waals surface area contributed by atoms with Crippen LogP contribution in [0.4, 0.5) is 0 Å². The molecule has 0 radical (unpaired) electrons. The Morgan fingerprint density at radius 1 is 1.40 bits per heavy atom. The molecule has 0 unspecified atom stereocenters. The van der Waals surface area contributed by atoms with E-state index >= 15 is 0 Å². The van der Waals surface area contributed by atoms with Gasteiger partial charge in [0.05, 0.1) is 6.20 Å². The van der Waals surface area contributed by atoms with E-state index < -0.39 is 0 Å². The van der Waals surface area contributed by atoms with Crippen LogP contribution in [0.15, 0.2) is 33.6 Å². The van der Waals surface area contributed by atoms with Gasteiger partial charge in [-0.3, -0.25) is 4.79 Å². The molecule has 0 saturated carbocycles. The lowest BCUT2D eigenvalue weighted by Gasteiger charge is -2.37. The van der Waals surface area contributed by atoms with E-state index in [1.54, 1.807) is 17.4 Å². The summed E-state index contributed by atoms with van der Waals surface area (Å²) in [6, 6.07) is 3.70. The van der Waals surface area contributed by atoms with Crippen molar-refractivity contribution in [1.29, 1.82) is 0 Å². The highest BCUT2D eigenvalue weighted by Gasteiger charge is 2.35. The van der Waals surface area contributed by atoms with Crippen molar-refractivity contribution in [2.24, 2.45) is 0 Å².